The van der Waals surface area contributed by atoms with Gasteiger partial charge in [0.1, 0.15) is 55.1 Å². The maximum absolute atomic E-state index is 14.3. The summed E-state index contributed by atoms with van der Waals surface area (Å²) in [6.45, 7) is 11.7. The number of ether oxygens (including phenoxy) is 9. The lowest BCUT2D eigenvalue weighted by molar-refractivity contribution is -0.322. The summed E-state index contributed by atoms with van der Waals surface area (Å²) in [5, 5.41) is 65.6. The number of cyclic esters (lactones) is 1. The highest BCUT2D eigenvalue weighted by molar-refractivity contribution is 5.91. The number of nitrogens with zero attached hydrogens (tertiary/aromatic N) is 1. The quantitative estimate of drug-likeness (QED) is 0.108. The Balaban J connectivity index is 1.79. The van der Waals surface area contributed by atoms with Crippen LogP contribution in [0.1, 0.15) is 74.1 Å². The van der Waals surface area contributed by atoms with Crippen molar-refractivity contribution in [3.05, 3.63) is 23.8 Å². The van der Waals surface area contributed by atoms with Crippen LogP contribution in [0.25, 0.3) is 0 Å². The van der Waals surface area contributed by atoms with Crippen molar-refractivity contribution in [3.63, 3.8) is 0 Å². The first-order valence-electron chi connectivity index (χ1n) is 22.4. The normalized spacial score (nSPS) is 45.9. The highest BCUT2D eigenvalue weighted by atomic mass is 16.7. The van der Waals surface area contributed by atoms with Crippen molar-refractivity contribution in [2.45, 2.75) is 185 Å². The molecule has 19 heteroatoms. The van der Waals surface area contributed by atoms with Crippen LogP contribution in [-0.4, -0.2) is 199 Å². The number of methoxy groups -OCH3 is 2. The zero-order valence-corrected chi connectivity index (χ0v) is 39.1. The molecule has 368 valence electrons. The molecule has 0 bridgehead atoms. The lowest BCUT2D eigenvalue weighted by Gasteiger charge is -2.47. The van der Waals surface area contributed by atoms with Gasteiger partial charge in [0.25, 0.3) is 0 Å². The van der Waals surface area contributed by atoms with E-state index in [2.05, 4.69) is 0 Å². The Morgan fingerprint density at radius 3 is 1.94 bits per heavy atom. The van der Waals surface area contributed by atoms with Crippen molar-refractivity contribution in [1.29, 1.82) is 0 Å². The van der Waals surface area contributed by atoms with Crippen LogP contribution in [0.3, 0.4) is 0 Å². The minimum atomic E-state index is -1.76. The topological polar surface area (TPSA) is 259 Å². The average Bonchev–Trinajstić information content (AvgIpc) is 3.25. The molecule has 0 aromatic rings. The Labute approximate surface area is 376 Å². The van der Waals surface area contributed by atoms with Gasteiger partial charge in [0.15, 0.2) is 24.7 Å². The van der Waals surface area contributed by atoms with E-state index in [1.807, 2.05) is 13.0 Å². The molecule has 22 atom stereocenters. The number of aldehydes is 1. The Kier molecular flexibility index (Phi) is 20.9. The fourth-order valence-electron chi connectivity index (χ4n) is 9.22. The van der Waals surface area contributed by atoms with E-state index in [4.69, 9.17) is 42.6 Å². The minimum absolute atomic E-state index is 0.0598. The third-order valence-corrected chi connectivity index (χ3v) is 13.2. The molecular weight excluding hydrogens is 842 g/mol. The van der Waals surface area contributed by atoms with Crippen molar-refractivity contribution >= 4 is 18.0 Å². The molecule has 4 rings (SSSR count). The zero-order chi connectivity index (χ0) is 47.7. The maximum Gasteiger partial charge on any atom is 0.308 e. The van der Waals surface area contributed by atoms with E-state index in [-0.39, 0.29) is 25.2 Å². The number of allylic oxidation sites excluding steroid dienone is 3. The minimum Gasteiger partial charge on any atom is -0.462 e. The first-order chi connectivity index (χ1) is 30.2. The summed E-state index contributed by atoms with van der Waals surface area (Å²) in [5.41, 5.74) is 0.649. The smallest absolute Gasteiger partial charge is 0.308 e. The number of aliphatic hydroxyl groups excluding tert-OH is 6. The molecule has 0 aliphatic carbocycles. The van der Waals surface area contributed by atoms with Crippen LogP contribution >= 0.6 is 0 Å². The molecule has 0 unspecified atom stereocenters. The predicted molar refractivity (Wildman–Crippen MR) is 227 cm³/mol. The van der Waals surface area contributed by atoms with Gasteiger partial charge in [-0.05, 0) is 66.6 Å². The second-order valence-electron chi connectivity index (χ2n) is 18.1. The van der Waals surface area contributed by atoms with Gasteiger partial charge in [-0.2, -0.15) is 0 Å². The van der Waals surface area contributed by atoms with Crippen LogP contribution in [-0.2, 0) is 57.0 Å². The summed E-state index contributed by atoms with van der Waals surface area (Å²) in [4.78, 5) is 42.2. The third-order valence-electron chi connectivity index (χ3n) is 13.2. The average molecular weight is 918 g/mol. The number of aliphatic hydroxyl groups is 6. The molecule has 3 saturated heterocycles. The second-order valence-corrected chi connectivity index (χ2v) is 18.1. The lowest BCUT2D eigenvalue weighted by Crippen LogP contribution is -2.63. The number of hydrogen-bond donors (Lipinski definition) is 6. The number of ketones is 1. The third kappa shape index (κ3) is 13.2. The fraction of sp³-hybridized carbons (Fsp3) is 0.844. The molecule has 0 aromatic heterocycles. The van der Waals surface area contributed by atoms with Crippen LogP contribution in [0.15, 0.2) is 23.8 Å². The van der Waals surface area contributed by atoms with Crippen LogP contribution < -0.4 is 0 Å². The molecule has 19 nitrogen and oxygen atoms in total. The van der Waals surface area contributed by atoms with Gasteiger partial charge in [0, 0.05) is 38.4 Å². The molecule has 0 aromatic carbocycles. The molecule has 6 N–H and O–H groups in total. The Bertz CT molecular complexity index is 1550. The van der Waals surface area contributed by atoms with Gasteiger partial charge in [-0.3, -0.25) is 9.59 Å². The van der Waals surface area contributed by atoms with Gasteiger partial charge in [-0.1, -0.05) is 38.5 Å². The van der Waals surface area contributed by atoms with Crippen LogP contribution in [0.2, 0.25) is 0 Å². The molecule has 0 amide bonds. The molecule has 0 spiro atoms. The van der Waals surface area contributed by atoms with Crippen LogP contribution in [0, 0.1) is 23.7 Å². The monoisotopic (exact) mass is 917 g/mol. The van der Waals surface area contributed by atoms with Gasteiger partial charge in [0.2, 0.25) is 0 Å². The Morgan fingerprint density at radius 1 is 0.750 bits per heavy atom. The SMILES string of the molecule is CC[C@H]1OC(=O)C[C@@H](O[C@@H]2O[C@@H](C)[C@H](O)[C@@H](O)[C@H]2O)[C@H](C)[C@@H](O[C@@H]2O[C@H](C)[C@@H](O)[C@H](N(C)C)[C@H]2O)[C@@H](CC=O)C[C@@H](C)C(=O)/C=C/C(C)=C/[C@@H]1CO[C@@H]1O[C@H](C)[C@@H](O)[C@@H](OC)[C@H]1OC. The molecule has 4 aliphatic rings. The lowest BCUT2D eigenvalue weighted by atomic mass is 9.79. The zero-order valence-electron chi connectivity index (χ0n) is 39.1. The largest absolute Gasteiger partial charge is 0.462 e. The molecule has 64 heavy (non-hydrogen) atoms. The number of likely N-dealkylation sites (N-methyl/N-ethyl adjacent to an activating group) is 1. The summed E-state index contributed by atoms with van der Waals surface area (Å²) in [6.07, 6.45) is -14.1. The number of rotatable bonds is 13. The van der Waals surface area contributed by atoms with Crippen molar-refractivity contribution in [3.8, 4) is 0 Å². The first-order valence-corrected chi connectivity index (χ1v) is 22.4. The second kappa shape index (κ2) is 24.6. The molecule has 0 radical (unpaired) electrons. The van der Waals surface area contributed by atoms with E-state index < -0.39 is 146 Å². The highest BCUT2D eigenvalue weighted by Gasteiger charge is 2.50. The Hall–Kier alpha value is -2.31. The molecule has 3 fully saturated rings. The molecule has 4 aliphatic heterocycles. The summed E-state index contributed by atoms with van der Waals surface area (Å²) < 4.78 is 54.7. The molecule has 0 saturated carbocycles. The Morgan fingerprint density at radius 2 is 1.34 bits per heavy atom. The van der Waals surface area contributed by atoms with Gasteiger partial charge >= 0.3 is 5.97 Å². The fourth-order valence-corrected chi connectivity index (χ4v) is 9.22. The van der Waals surface area contributed by atoms with Gasteiger partial charge in [-0.15, -0.1) is 0 Å². The van der Waals surface area contributed by atoms with Crippen LogP contribution in [0.5, 0.6) is 0 Å². The van der Waals surface area contributed by atoms with Gasteiger partial charge in [-0.25, -0.2) is 0 Å². The van der Waals surface area contributed by atoms with Crippen molar-refractivity contribution < 1.29 is 87.7 Å². The summed E-state index contributed by atoms with van der Waals surface area (Å²) in [7, 11) is 6.27. The number of hydrogen-bond acceptors (Lipinski definition) is 19. The van der Waals surface area contributed by atoms with E-state index in [1.165, 1.54) is 27.2 Å². The van der Waals surface area contributed by atoms with Crippen molar-refractivity contribution in [1.82, 2.24) is 4.90 Å². The maximum atomic E-state index is 14.3. The van der Waals surface area contributed by atoms with Crippen LogP contribution in [0.4, 0.5) is 0 Å². The summed E-state index contributed by atoms with van der Waals surface area (Å²) in [6, 6.07) is -0.826. The van der Waals surface area contributed by atoms with Crippen molar-refractivity contribution in [2.75, 3.05) is 34.9 Å². The standard InChI is InChI=1S/C45H75NO18/c1-12-30-28(20-58-45-42(57-11)41(56-10)36(52)26(7)61-45)17-21(2)13-14-29(48)22(3)18-27(15-16-47)40(64-43-37(53)33(46(8)9)34(50)24(5)59-43)23(4)31(19-32(49)62-30)63-44-39(55)38(54)35(51)25(6)60-44/h13-14,16-17,22-28,30-31,33-45,50-55H,12,15,18-20H2,1-11H3/b14-13+,21-17+/t22-,23+,24-,25+,26-,27+,28-,30-,31-,33+,34-,35+,36-,37-,38-,39-,40-,41-,42-,43+,44+,45-/m1/s1. The van der Waals surface area contributed by atoms with E-state index in [1.54, 1.807) is 59.7 Å². The number of carbonyl (C=O) groups is 3. The van der Waals surface area contributed by atoms with Gasteiger partial charge in [0.05, 0.1) is 55.7 Å². The molecular formula is C45H75NO18. The first kappa shape index (κ1) is 54.3. The predicted octanol–water partition coefficient (Wildman–Crippen LogP) is 0.414. The number of esters is 1. The highest BCUT2D eigenvalue weighted by Crippen LogP contribution is 2.37. The van der Waals surface area contributed by atoms with E-state index in [0.717, 1.165) is 0 Å². The van der Waals surface area contributed by atoms with E-state index >= 15 is 0 Å². The van der Waals surface area contributed by atoms with E-state index in [0.29, 0.717) is 18.3 Å². The summed E-state index contributed by atoms with van der Waals surface area (Å²) in [5.74, 6) is -3.95. The van der Waals surface area contributed by atoms with Gasteiger partial charge < -0.3 is 83.0 Å². The summed E-state index contributed by atoms with van der Waals surface area (Å²) >= 11 is 0. The van der Waals surface area contributed by atoms with Crippen molar-refractivity contribution in [2.24, 2.45) is 23.7 Å². The molecule has 4 heterocycles. The number of carbonyl (C=O) groups excluding carboxylic acids is 3. The van der Waals surface area contributed by atoms with E-state index in [9.17, 15) is 45.0 Å².